The summed E-state index contributed by atoms with van der Waals surface area (Å²) in [6.07, 6.45) is 0.375. The van der Waals surface area contributed by atoms with Gasteiger partial charge in [0.1, 0.15) is 5.92 Å². The third kappa shape index (κ3) is 5.43. The van der Waals surface area contributed by atoms with E-state index in [4.69, 9.17) is 5.21 Å². The van der Waals surface area contributed by atoms with Crippen LogP contribution in [0.4, 0.5) is 0 Å². The monoisotopic (exact) mass is 354 g/mol. The van der Waals surface area contributed by atoms with Crippen LogP contribution in [0.25, 0.3) is 0 Å². The first-order valence-corrected chi connectivity index (χ1v) is 8.84. The van der Waals surface area contributed by atoms with Gasteiger partial charge in [0.2, 0.25) is 5.91 Å². The van der Waals surface area contributed by atoms with Gasteiger partial charge in [-0.25, -0.2) is 5.48 Å². The van der Waals surface area contributed by atoms with Crippen LogP contribution in [0.15, 0.2) is 60.7 Å². The third-order valence-corrected chi connectivity index (χ3v) is 4.33. The summed E-state index contributed by atoms with van der Waals surface area (Å²) in [6.45, 7) is 4.24. The van der Waals surface area contributed by atoms with Crippen molar-refractivity contribution >= 4 is 11.8 Å². The maximum Gasteiger partial charge on any atom is 0.255 e. The number of carbonyl (C=O) groups is 2. The highest BCUT2D eigenvalue weighted by molar-refractivity contribution is 5.99. The summed E-state index contributed by atoms with van der Waals surface area (Å²) in [5, 5.41) is 11.8. The summed E-state index contributed by atoms with van der Waals surface area (Å²) in [6, 6.07) is 19.9. The third-order valence-electron chi connectivity index (χ3n) is 4.33. The van der Waals surface area contributed by atoms with E-state index < -0.39 is 11.8 Å². The van der Waals surface area contributed by atoms with Gasteiger partial charge in [-0.05, 0) is 23.5 Å². The van der Waals surface area contributed by atoms with E-state index in [1.165, 1.54) is 0 Å². The molecule has 0 aromatic heterocycles. The molecule has 0 spiro atoms. The van der Waals surface area contributed by atoms with Gasteiger partial charge in [0.15, 0.2) is 0 Å². The fourth-order valence-electron chi connectivity index (χ4n) is 3.01. The number of nitrogens with one attached hydrogen (secondary N) is 2. The van der Waals surface area contributed by atoms with Crippen molar-refractivity contribution in [1.82, 2.24) is 10.8 Å². The van der Waals surface area contributed by atoms with E-state index in [0.29, 0.717) is 13.0 Å². The Labute approximate surface area is 154 Å². The average Bonchev–Trinajstić information content (AvgIpc) is 2.67. The SMILES string of the molecule is CC(C)CC(C(=O)NO)C(=O)NCC(c1ccccc1)c1ccccc1. The molecule has 0 saturated carbocycles. The lowest BCUT2D eigenvalue weighted by Gasteiger charge is -2.21. The van der Waals surface area contributed by atoms with E-state index in [2.05, 4.69) is 5.32 Å². The maximum absolute atomic E-state index is 12.6. The van der Waals surface area contributed by atoms with Crippen molar-refractivity contribution in [3.63, 3.8) is 0 Å². The highest BCUT2D eigenvalue weighted by Crippen LogP contribution is 2.24. The summed E-state index contributed by atoms with van der Waals surface area (Å²) in [7, 11) is 0. The first kappa shape index (κ1) is 19.7. The Bertz CT molecular complexity index is 662. The summed E-state index contributed by atoms with van der Waals surface area (Å²) >= 11 is 0. The Kier molecular flexibility index (Phi) is 7.36. The number of hydroxylamine groups is 1. The zero-order valence-corrected chi connectivity index (χ0v) is 15.2. The van der Waals surface area contributed by atoms with Crippen LogP contribution < -0.4 is 10.8 Å². The van der Waals surface area contributed by atoms with Crippen molar-refractivity contribution in [2.75, 3.05) is 6.54 Å². The van der Waals surface area contributed by atoms with Gasteiger partial charge in [-0.3, -0.25) is 14.8 Å². The molecule has 0 aliphatic carbocycles. The topological polar surface area (TPSA) is 78.4 Å². The van der Waals surface area contributed by atoms with Crippen molar-refractivity contribution in [1.29, 1.82) is 0 Å². The Morgan fingerprint density at radius 1 is 0.885 bits per heavy atom. The van der Waals surface area contributed by atoms with Gasteiger partial charge in [0, 0.05) is 12.5 Å². The van der Waals surface area contributed by atoms with Gasteiger partial charge in [0.05, 0.1) is 0 Å². The van der Waals surface area contributed by atoms with Crippen molar-refractivity contribution in [2.24, 2.45) is 11.8 Å². The molecule has 0 radical (unpaired) electrons. The van der Waals surface area contributed by atoms with E-state index in [1.54, 1.807) is 5.48 Å². The number of hydrogen-bond acceptors (Lipinski definition) is 3. The summed E-state index contributed by atoms with van der Waals surface area (Å²) in [4.78, 5) is 24.4. The Hall–Kier alpha value is -2.66. The molecule has 0 saturated heterocycles. The van der Waals surface area contributed by atoms with Crippen LogP contribution in [0, 0.1) is 11.8 Å². The van der Waals surface area contributed by atoms with Crippen molar-refractivity contribution < 1.29 is 14.8 Å². The summed E-state index contributed by atoms with van der Waals surface area (Å²) < 4.78 is 0. The van der Waals surface area contributed by atoms with E-state index in [-0.39, 0.29) is 17.7 Å². The first-order valence-electron chi connectivity index (χ1n) is 8.84. The van der Waals surface area contributed by atoms with Gasteiger partial charge < -0.3 is 5.32 Å². The van der Waals surface area contributed by atoms with E-state index >= 15 is 0 Å². The van der Waals surface area contributed by atoms with E-state index in [9.17, 15) is 9.59 Å². The summed E-state index contributed by atoms with van der Waals surface area (Å²) in [5.74, 6) is -1.82. The van der Waals surface area contributed by atoms with Crippen molar-refractivity contribution in [3.05, 3.63) is 71.8 Å². The van der Waals surface area contributed by atoms with Gasteiger partial charge in [0.25, 0.3) is 5.91 Å². The van der Waals surface area contributed by atoms with Crippen molar-refractivity contribution in [3.8, 4) is 0 Å². The first-order chi connectivity index (χ1) is 12.5. The number of hydrogen-bond donors (Lipinski definition) is 3. The Balaban J connectivity index is 2.16. The van der Waals surface area contributed by atoms with Crippen LogP contribution in [0.1, 0.15) is 37.3 Å². The second-order valence-electron chi connectivity index (χ2n) is 6.78. The minimum absolute atomic E-state index is 0.0155. The van der Waals surface area contributed by atoms with Crippen LogP contribution in [0.5, 0.6) is 0 Å². The fraction of sp³-hybridized carbons (Fsp3) is 0.333. The molecule has 26 heavy (non-hydrogen) atoms. The molecule has 138 valence electrons. The molecule has 5 nitrogen and oxygen atoms in total. The van der Waals surface area contributed by atoms with Crippen molar-refractivity contribution in [2.45, 2.75) is 26.2 Å². The molecule has 2 rings (SSSR count). The maximum atomic E-state index is 12.6. The molecule has 1 unspecified atom stereocenters. The predicted octanol–water partition coefficient (Wildman–Crippen LogP) is 3.10. The molecule has 2 amide bonds. The molecule has 2 aromatic rings. The molecule has 5 heteroatoms. The molecule has 0 aliphatic rings. The molecule has 3 N–H and O–H groups in total. The molecule has 2 aromatic carbocycles. The predicted molar refractivity (Wildman–Crippen MR) is 101 cm³/mol. The highest BCUT2D eigenvalue weighted by Gasteiger charge is 2.28. The zero-order chi connectivity index (χ0) is 18.9. The van der Waals surface area contributed by atoms with Gasteiger partial charge >= 0.3 is 0 Å². The van der Waals surface area contributed by atoms with Crippen LogP contribution >= 0.6 is 0 Å². The second kappa shape index (κ2) is 9.73. The number of benzene rings is 2. The average molecular weight is 354 g/mol. The standard InChI is InChI=1S/C21H26N2O3/c1-15(2)13-18(21(25)23-26)20(24)22-14-19(16-9-5-3-6-10-16)17-11-7-4-8-12-17/h3-12,15,18-19,26H,13-14H2,1-2H3,(H,22,24)(H,23,25). The molecule has 0 heterocycles. The quantitative estimate of drug-likeness (QED) is 0.387. The Morgan fingerprint density at radius 2 is 1.38 bits per heavy atom. The zero-order valence-electron chi connectivity index (χ0n) is 15.2. The van der Waals surface area contributed by atoms with E-state index in [1.807, 2.05) is 74.5 Å². The van der Waals surface area contributed by atoms with Gasteiger partial charge in [-0.15, -0.1) is 0 Å². The van der Waals surface area contributed by atoms with E-state index in [0.717, 1.165) is 11.1 Å². The smallest absolute Gasteiger partial charge is 0.255 e. The molecule has 0 fully saturated rings. The minimum atomic E-state index is -0.910. The summed E-state index contributed by atoms with van der Waals surface area (Å²) in [5.41, 5.74) is 3.78. The number of rotatable bonds is 8. The lowest BCUT2D eigenvalue weighted by molar-refractivity contribution is -0.141. The van der Waals surface area contributed by atoms with Crippen LogP contribution in [0.3, 0.4) is 0 Å². The fourth-order valence-corrected chi connectivity index (χ4v) is 3.01. The lowest BCUT2D eigenvalue weighted by atomic mass is 9.90. The molecular formula is C21H26N2O3. The molecule has 1 atom stereocenters. The Morgan fingerprint density at radius 3 is 1.81 bits per heavy atom. The van der Waals surface area contributed by atoms with Crippen LogP contribution in [-0.2, 0) is 9.59 Å². The largest absolute Gasteiger partial charge is 0.354 e. The second-order valence-corrected chi connectivity index (χ2v) is 6.78. The number of amides is 2. The number of carbonyl (C=O) groups excluding carboxylic acids is 2. The normalized spacial score (nSPS) is 12.0. The minimum Gasteiger partial charge on any atom is -0.354 e. The molecule has 0 aliphatic heterocycles. The van der Waals surface area contributed by atoms with Gasteiger partial charge in [-0.1, -0.05) is 74.5 Å². The molecule has 0 bridgehead atoms. The van der Waals surface area contributed by atoms with Crippen LogP contribution in [0.2, 0.25) is 0 Å². The lowest BCUT2D eigenvalue weighted by Crippen LogP contribution is -2.42. The van der Waals surface area contributed by atoms with Crippen LogP contribution in [-0.4, -0.2) is 23.6 Å². The van der Waals surface area contributed by atoms with Gasteiger partial charge in [-0.2, -0.15) is 0 Å². The highest BCUT2D eigenvalue weighted by atomic mass is 16.5. The molecular weight excluding hydrogens is 328 g/mol.